The van der Waals surface area contributed by atoms with Gasteiger partial charge in [-0.25, -0.2) is 9.59 Å². The van der Waals surface area contributed by atoms with E-state index in [2.05, 4.69) is 66.1 Å². The van der Waals surface area contributed by atoms with Crippen LogP contribution in [-0.4, -0.2) is 110 Å². The van der Waals surface area contributed by atoms with Crippen molar-refractivity contribution in [1.29, 1.82) is 0 Å². The molecule has 0 bridgehead atoms. The van der Waals surface area contributed by atoms with E-state index in [1.54, 1.807) is 21.6 Å². The van der Waals surface area contributed by atoms with Crippen LogP contribution >= 0.6 is 11.8 Å². The zero-order valence-corrected chi connectivity index (χ0v) is 41.9. The number of carbonyl (C=O) groups excluding carboxylic acids is 4. The van der Waals surface area contributed by atoms with Crippen LogP contribution < -0.4 is 0 Å². The van der Waals surface area contributed by atoms with E-state index < -0.39 is 11.2 Å². The molecule has 67 heavy (non-hydrogen) atoms. The zero-order valence-electron chi connectivity index (χ0n) is 41.1. The molecule has 5 aromatic rings. The summed E-state index contributed by atoms with van der Waals surface area (Å²) in [5.74, 6) is 1.57. The Morgan fingerprint density at radius 2 is 1.13 bits per heavy atom. The second-order valence-corrected chi connectivity index (χ2v) is 22.1. The van der Waals surface area contributed by atoms with E-state index in [9.17, 15) is 19.2 Å². The molecule has 0 radical (unpaired) electrons. The molecule has 4 aliphatic rings. The Morgan fingerprint density at radius 3 is 1.67 bits per heavy atom. The number of hydrogen-bond acceptors (Lipinski definition) is 7. The van der Waals surface area contributed by atoms with Crippen LogP contribution in [-0.2, 0) is 41.9 Å². The summed E-state index contributed by atoms with van der Waals surface area (Å²) in [5, 5.41) is 2.09. The number of rotatable bonds is 5. The van der Waals surface area contributed by atoms with Gasteiger partial charge in [-0.15, -0.1) is 11.8 Å². The summed E-state index contributed by atoms with van der Waals surface area (Å²) in [6.45, 7) is 22.1. The quantitative estimate of drug-likeness (QED) is 0.174. The number of H-pyrrole nitrogens is 1. The molecule has 3 aromatic carbocycles. The lowest BCUT2D eigenvalue weighted by molar-refractivity contribution is 0.0213. The number of benzene rings is 3. The Balaban J connectivity index is 0.000000188. The summed E-state index contributed by atoms with van der Waals surface area (Å²) in [7, 11) is 0. The minimum Gasteiger partial charge on any atom is -0.444 e. The monoisotopic (exact) mass is 931 g/mol. The van der Waals surface area contributed by atoms with Crippen LogP contribution in [0.2, 0.25) is 0 Å². The number of piperidine rings is 2. The Morgan fingerprint density at radius 1 is 0.627 bits per heavy atom. The highest BCUT2D eigenvalue weighted by Gasteiger charge is 2.32. The highest BCUT2D eigenvalue weighted by atomic mass is 32.2. The van der Waals surface area contributed by atoms with Crippen molar-refractivity contribution in [3.05, 3.63) is 99.9 Å². The minimum atomic E-state index is -0.542. The Labute approximate surface area is 400 Å². The fraction of sp³-hybridized carbons (Fsp3) is 0.519. The van der Waals surface area contributed by atoms with Gasteiger partial charge in [-0.2, -0.15) is 0 Å². The van der Waals surface area contributed by atoms with Gasteiger partial charge >= 0.3 is 12.2 Å². The number of ether oxygens (including phenoxy) is 2. The largest absolute Gasteiger partial charge is 0.444 e. The van der Waals surface area contributed by atoms with Crippen molar-refractivity contribution in [3.8, 4) is 0 Å². The Kier molecular flexibility index (Phi) is 14.1. The number of aromatic nitrogens is 2. The Hall–Kier alpha value is -5.43. The van der Waals surface area contributed by atoms with Crippen LogP contribution in [0.4, 0.5) is 9.59 Å². The van der Waals surface area contributed by atoms with E-state index >= 15 is 0 Å². The van der Waals surface area contributed by atoms with Crippen LogP contribution in [0.1, 0.15) is 130 Å². The molecule has 358 valence electrons. The van der Waals surface area contributed by atoms with Crippen molar-refractivity contribution in [2.75, 3.05) is 45.5 Å². The molecule has 2 saturated heterocycles. The average molecular weight is 931 g/mol. The van der Waals surface area contributed by atoms with Gasteiger partial charge in [-0.3, -0.25) is 9.59 Å². The Bertz CT molecular complexity index is 2620. The van der Waals surface area contributed by atoms with Crippen LogP contribution in [0.15, 0.2) is 65.6 Å². The molecule has 6 heterocycles. The molecule has 0 atom stereocenters. The lowest BCUT2D eigenvalue weighted by Gasteiger charge is -2.31. The average Bonchev–Trinajstić information content (AvgIpc) is 3.82. The molecule has 4 aliphatic heterocycles. The first-order valence-corrected chi connectivity index (χ1v) is 25.5. The maximum absolute atomic E-state index is 13.4. The number of carbonyl (C=O) groups is 4. The van der Waals surface area contributed by atoms with Crippen molar-refractivity contribution in [3.63, 3.8) is 0 Å². The molecule has 0 aliphatic carbocycles. The van der Waals surface area contributed by atoms with Crippen LogP contribution in [0.25, 0.3) is 21.8 Å². The summed E-state index contributed by atoms with van der Waals surface area (Å²) >= 11 is 1.74. The summed E-state index contributed by atoms with van der Waals surface area (Å²) in [4.78, 5) is 64.1. The van der Waals surface area contributed by atoms with Gasteiger partial charge in [0.25, 0.3) is 11.8 Å². The molecule has 0 spiro atoms. The summed E-state index contributed by atoms with van der Waals surface area (Å²) in [5.41, 5.74) is 8.38. The molecule has 1 N–H and O–H groups in total. The van der Waals surface area contributed by atoms with Crippen LogP contribution in [0.5, 0.6) is 0 Å². The maximum Gasteiger partial charge on any atom is 0.410 e. The molecular formula is C54H70N6O6S. The lowest BCUT2D eigenvalue weighted by atomic mass is 9.98. The third-order valence-corrected chi connectivity index (χ3v) is 14.4. The highest BCUT2D eigenvalue weighted by molar-refractivity contribution is 7.98. The van der Waals surface area contributed by atoms with Gasteiger partial charge in [0.2, 0.25) is 0 Å². The van der Waals surface area contributed by atoms with Gasteiger partial charge in [-0.1, -0.05) is 26.0 Å². The van der Waals surface area contributed by atoms with E-state index in [1.807, 2.05) is 75.6 Å². The minimum absolute atomic E-state index is 0.104. The van der Waals surface area contributed by atoms with Gasteiger partial charge in [0, 0.05) is 119 Å². The molecule has 9 rings (SSSR count). The molecular weight excluding hydrogens is 861 g/mol. The molecule has 4 amide bonds. The fourth-order valence-electron chi connectivity index (χ4n) is 9.78. The standard InChI is InChI=1S/C31H39N3O3S.C23H31N3O3/c1-21-12-15-32(16-13-21)29(35)23-8-11-27-25(18-23)26-20-33(30(36)37-31(2,3)4)17-14-28(26)34(27)19-22-6-9-24(38-5)10-7-22;1-15-7-10-25(11-8-15)21(27)16-5-6-19-17(13-16)18-14-26(12-9-20(18)24-19)22(28)29-23(2,3)4/h6-11,18,21H,12-17,19-20H2,1-5H3;5-6,13,15,24H,7-12,14H2,1-4H3. The topological polar surface area (TPSA) is 120 Å². The number of fused-ring (bicyclic) bond motifs is 6. The van der Waals surface area contributed by atoms with Gasteiger partial charge < -0.3 is 38.6 Å². The van der Waals surface area contributed by atoms with Crippen LogP contribution in [0, 0.1) is 11.8 Å². The predicted octanol–water partition coefficient (Wildman–Crippen LogP) is 10.9. The highest BCUT2D eigenvalue weighted by Crippen LogP contribution is 2.35. The number of amides is 4. The van der Waals surface area contributed by atoms with Crippen molar-refractivity contribution in [2.24, 2.45) is 11.8 Å². The van der Waals surface area contributed by atoms with Crippen molar-refractivity contribution < 1.29 is 28.7 Å². The predicted molar refractivity (Wildman–Crippen MR) is 267 cm³/mol. The van der Waals surface area contributed by atoms with E-state index in [4.69, 9.17) is 9.47 Å². The zero-order chi connectivity index (χ0) is 47.8. The normalized spacial score (nSPS) is 17.2. The third kappa shape index (κ3) is 11.1. The first-order valence-electron chi connectivity index (χ1n) is 24.3. The molecule has 0 saturated carbocycles. The number of nitrogens with zero attached hydrogens (tertiary/aromatic N) is 5. The fourth-order valence-corrected chi connectivity index (χ4v) is 10.2. The molecule has 2 aromatic heterocycles. The van der Waals surface area contributed by atoms with Crippen molar-refractivity contribution in [2.45, 2.75) is 130 Å². The number of hydrogen-bond donors (Lipinski definition) is 1. The number of likely N-dealkylation sites (tertiary alicyclic amines) is 2. The van der Waals surface area contributed by atoms with E-state index in [0.29, 0.717) is 38.0 Å². The number of nitrogens with one attached hydrogen (secondary N) is 1. The van der Waals surface area contributed by atoms with E-state index in [1.165, 1.54) is 16.2 Å². The molecule has 13 heteroatoms. The van der Waals surface area contributed by atoms with E-state index in [0.717, 1.165) is 121 Å². The smallest absolute Gasteiger partial charge is 0.410 e. The molecule has 12 nitrogen and oxygen atoms in total. The summed E-state index contributed by atoms with van der Waals surface area (Å²) < 4.78 is 13.6. The van der Waals surface area contributed by atoms with Crippen molar-refractivity contribution >= 4 is 57.6 Å². The summed E-state index contributed by atoms with van der Waals surface area (Å²) in [6, 6.07) is 20.7. The maximum atomic E-state index is 13.4. The van der Waals surface area contributed by atoms with Crippen LogP contribution in [0.3, 0.4) is 0 Å². The molecule has 0 unspecified atom stereocenters. The van der Waals surface area contributed by atoms with Crippen molar-refractivity contribution in [1.82, 2.24) is 29.2 Å². The van der Waals surface area contributed by atoms with E-state index in [-0.39, 0.29) is 24.0 Å². The second-order valence-electron chi connectivity index (χ2n) is 21.2. The number of aromatic amines is 1. The van der Waals surface area contributed by atoms with Gasteiger partial charge in [-0.05, 0) is 139 Å². The van der Waals surface area contributed by atoms with Gasteiger partial charge in [0.15, 0.2) is 0 Å². The SMILES string of the molecule is CC1CCN(C(=O)c2ccc3[nH]c4c(c3c2)CN(C(=O)OC(C)(C)C)CC4)CC1.CSc1ccc(Cn2c3c(c4cc(C(=O)N5CCC(C)CC5)ccc42)CN(C(=O)OC(C)(C)C)CC3)cc1. The first kappa shape index (κ1) is 48.0. The second kappa shape index (κ2) is 19.7. The third-order valence-electron chi connectivity index (χ3n) is 13.7. The lowest BCUT2D eigenvalue weighted by Crippen LogP contribution is -2.40. The van der Waals surface area contributed by atoms with Gasteiger partial charge in [0.1, 0.15) is 11.2 Å². The first-order chi connectivity index (χ1) is 31.8. The summed E-state index contributed by atoms with van der Waals surface area (Å²) in [6.07, 6.45) is 7.27. The molecule has 2 fully saturated rings. The van der Waals surface area contributed by atoms with Gasteiger partial charge in [0.05, 0.1) is 13.1 Å². The number of thioether (sulfide) groups is 1.